The number of carbonyl (C=O) groups is 4. The molecule has 6 atom stereocenters. The third-order valence-corrected chi connectivity index (χ3v) is 27.7. The van der Waals surface area contributed by atoms with E-state index in [1.54, 1.807) is 0 Å². The average Bonchev–Trinajstić information content (AvgIpc) is 1.31. The van der Waals surface area contributed by atoms with E-state index in [1.165, 1.54) is 154 Å². The minimum absolute atomic E-state index is 0. The highest BCUT2D eigenvalue weighted by Crippen LogP contribution is 2.70. The molecule has 8 heteroatoms. The zero-order chi connectivity index (χ0) is 61.9. The fourth-order valence-corrected chi connectivity index (χ4v) is 20.9. The largest absolute Gasteiger partial charge is 0.459 e. The van der Waals surface area contributed by atoms with Gasteiger partial charge in [-0.3, -0.25) is 19.2 Å². The van der Waals surface area contributed by atoms with E-state index in [0.717, 1.165) is 104 Å². The molecule has 0 aromatic rings. The Morgan fingerprint density at radius 3 is 1.10 bits per heavy atom. The van der Waals surface area contributed by atoms with Crippen LogP contribution in [0, 0.1) is 103 Å². The maximum Gasteiger partial charge on any atom is 0.312 e. The van der Waals surface area contributed by atoms with Crippen LogP contribution < -0.4 is 0 Å². The molecule has 14 fully saturated rings. The van der Waals surface area contributed by atoms with Gasteiger partial charge in [-0.15, -0.1) is 0 Å². The van der Waals surface area contributed by atoms with E-state index >= 15 is 0 Å². The molecule has 0 aromatic heterocycles. The minimum Gasteiger partial charge on any atom is -0.459 e. The molecule has 12 bridgehead atoms. The Morgan fingerprint density at radius 1 is 0.391 bits per heavy atom. The molecular weight excluding hydrogens is 1140 g/mol. The van der Waals surface area contributed by atoms with E-state index < -0.39 is 0 Å². The molecule has 8 nitrogen and oxygen atoms in total. The number of unbranched alkanes of at least 4 members (excludes halogenated alkanes) is 1. The van der Waals surface area contributed by atoms with Crippen molar-refractivity contribution in [1.82, 2.24) is 0 Å². The number of hydrogen-bond acceptors (Lipinski definition) is 8. The topological polar surface area (TPSA) is 105 Å². The SMILES string of the molecule is C.C.C.C.C.C.C.C.CCC(C)(C)C(=O)OC(C)(C)C12CC3CC(CC(C3)C1)C2.CCC(C)(C)C(=O)OC(C)(C)C12CC3CC(CC1C3)C2.CCC(C)(C)C(=O)OC1(C)CCCC2CCCCC21.CCCCC(C)(OC(=O)C(C)(C)CC)C12CC3CC(CC(C3)C1)C2. The molecule has 0 amide bonds. The average molecular weight is 1300 g/mol. The number of ether oxygens (including phenoxy) is 4. The summed E-state index contributed by atoms with van der Waals surface area (Å²) in [6.45, 7) is 39.8. The first-order chi connectivity index (χ1) is 39.0. The number of carbonyl (C=O) groups excluding carboxylic acids is 4. The van der Waals surface area contributed by atoms with E-state index in [4.69, 9.17) is 18.9 Å². The maximum absolute atomic E-state index is 12.9. The molecule has 0 aromatic carbocycles. The summed E-state index contributed by atoms with van der Waals surface area (Å²) < 4.78 is 24.8. The van der Waals surface area contributed by atoms with E-state index in [2.05, 4.69) is 76.2 Å². The summed E-state index contributed by atoms with van der Waals surface area (Å²) in [5.41, 5.74) is -1.71. The first-order valence-electron chi connectivity index (χ1n) is 35.9. The summed E-state index contributed by atoms with van der Waals surface area (Å²) in [7, 11) is 0. The van der Waals surface area contributed by atoms with Gasteiger partial charge in [-0.2, -0.15) is 0 Å². The van der Waals surface area contributed by atoms with Gasteiger partial charge in [0.2, 0.25) is 0 Å². The Morgan fingerprint density at radius 2 is 0.717 bits per heavy atom. The summed E-state index contributed by atoms with van der Waals surface area (Å²) in [6.07, 6.45) is 38.8. The number of fused-ring (bicyclic) bond motifs is 1. The van der Waals surface area contributed by atoms with Gasteiger partial charge in [0.1, 0.15) is 22.4 Å². The van der Waals surface area contributed by atoms with Crippen LogP contribution in [0.5, 0.6) is 0 Å². The van der Waals surface area contributed by atoms with Crippen LogP contribution in [0.25, 0.3) is 0 Å². The summed E-state index contributed by atoms with van der Waals surface area (Å²) in [4.78, 5) is 50.5. The maximum atomic E-state index is 12.9. The van der Waals surface area contributed by atoms with Gasteiger partial charge in [0, 0.05) is 22.2 Å². The zero-order valence-corrected chi connectivity index (χ0v) is 58.0. The van der Waals surface area contributed by atoms with Crippen LogP contribution in [0.1, 0.15) is 390 Å². The van der Waals surface area contributed by atoms with Gasteiger partial charge >= 0.3 is 23.9 Å². The van der Waals surface area contributed by atoms with Gasteiger partial charge in [-0.05, 0) is 329 Å². The lowest BCUT2D eigenvalue weighted by Gasteiger charge is -2.62. The third-order valence-electron chi connectivity index (χ3n) is 27.7. The Balaban J connectivity index is 0.00000117. The van der Waals surface area contributed by atoms with Crippen LogP contribution in [0.15, 0.2) is 0 Å². The quantitative estimate of drug-likeness (QED) is 0.0987. The van der Waals surface area contributed by atoms with Crippen LogP contribution in [0.3, 0.4) is 0 Å². The molecule has 14 aliphatic carbocycles. The molecular formula is C84H162O8. The van der Waals surface area contributed by atoms with Crippen molar-refractivity contribution in [3.05, 3.63) is 0 Å². The minimum atomic E-state index is -0.365. The van der Waals surface area contributed by atoms with Gasteiger partial charge in [-0.1, -0.05) is 120 Å². The Kier molecular flexibility index (Phi) is 32.4. The second-order valence-electron chi connectivity index (χ2n) is 35.8. The van der Waals surface area contributed by atoms with Crippen LogP contribution in [0.2, 0.25) is 0 Å². The van der Waals surface area contributed by atoms with E-state index in [1.807, 2.05) is 55.4 Å². The molecule has 0 aliphatic heterocycles. The Bertz CT molecular complexity index is 2210. The van der Waals surface area contributed by atoms with Crippen molar-refractivity contribution < 1.29 is 38.1 Å². The smallest absolute Gasteiger partial charge is 0.312 e. The monoisotopic (exact) mass is 1300 g/mol. The normalized spacial score (nSPS) is 34.4. The van der Waals surface area contributed by atoms with Crippen molar-refractivity contribution in [2.45, 2.75) is 412 Å². The first-order valence-corrected chi connectivity index (χ1v) is 35.9. The highest BCUT2D eigenvalue weighted by molar-refractivity contribution is 5.78. The second-order valence-corrected chi connectivity index (χ2v) is 35.8. The molecule has 0 saturated heterocycles. The number of esters is 4. The number of rotatable bonds is 18. The van der Waals surface area contributed by atoms with Gasteiger partial charge in [0.05, 0.1) is 21.7 Å². The summed E-state index contributed by atoms with van der Waals surface area (Å²) in [6, 6.07) is 0. The fraction of sp³-hybridized carbons (Fsp3) is 0.952. The van der Waals surface area contributed by atoms with Crippen LogP contribution >= 0.6 is 0 Å². The Labute approximate surface area is 574 Å². The number of hydrogen-bond donors (Lipinski definition) is 0. The molecule has 92 heavy (non-hydrogen) atoms. The molecule has 14 rings (SSSR count). The van der Waals surface area contributed by atoms with Gasteiger partial charge < -0.3 is 18.9 Å². The molecule has 6 unspecified atom stereocenters. The molecule has 0 heterocycles. The van der Waals surface area contributed by atoms with E-state index in [-0.39, 0.29) is 144 Å². The van der Waals surface area contributed by atoms with E-state index in [0.29, 0.717) is 5.92 Å². The van der Waals surface area contributed by atoms with Crippen molar-refractivity contribution in [2.75, 3.05) is 0 Å². The van der Waals surface area contributed by atoms with Crippen molar-refractivity contribution in [3.8, 4) is 0 Å². The summed E-state index contributed by atoms with van der Waals surface area (Å²) in [5.74, 6) is 9.42. The second kappa shape index (κ2) is 33.2. The summed E-state index contributed by atoms with van der Waals surface area (Å²) >= 11 is 0. The van der Waals surface area contributed by atoms with Crippen molar-refractivity contribution in [1.29, 1.82) is 0 Å². The lowest BCUT2D eigenvalue weighted by Crippen LogP contribution is -2.59. The lowest BCUT2D eigenvalue weighted by atomic mass is 9.45. The molecule has 14 saturated carbocycles. The molecule has 0 spiro atoms. The molecule has 546 valence electrons. The van der Waals surface area contributed by atoms with Crippen molar-refractivity contribution in [3.63, 3.8) is 0 Å². The third kappa shape index (κ3) is 18.0. The van der Waals surface area contributed by atoms with E-state index in [9.17, 15) is 19.2 Å². The van der Waals surface area contributed by atoms with Crippen LogP contribution in [-0.4, -0.2) is 46.3 Å². The lowest BCUT2D eigenvalue weighted by molar-refractivity contribution is -0.213. The zero-order valence-electron chi connectivity index (χ0n) is 58.0. The van der Waals surface area contributed by atoms with Gasteiger partial charge in [0.25, 0.3) is 0 Å². The molecule has 0 radical (unpaired) electrons. The molecule has 14 aliphatic rings. The van der Waals surface area contributed by atoms with Crippen molar-refractivity contribution in [2.24, 2.45) is 103 Å². The standard InChI is InChI=1S/C22H38O2.C19H32O2.C18H30O2.C17H30O2.8CH4/c1-6-8-9-21(5,24-19(23)20(3,4)7-2)22-13-16-10-17(14-22)12-18(11-16)15-22;1-6-17(2,3)16(20)21-18(4,5)19-10-13-7-14(11-19)9-15(8-13)12-19;1-6-16(2,3)15(19)20-17(4,5)18-10-12-7-13(11-18)9-14(18)8-12;1-5-16(2,3)15(18)19-17(4)12-8-10-13-9-6-7-11-14(13)17;;;;;;;;/h16-18H,6-15H2,1-5H3;13-15H,6-12H2,1-5H3;12-14H,6-11H2,1-5H3;13-14H,5-12H2,1-4H3;8*1H4. The van der Waals surface area contributed by atoms with Gasteiger partial charge in [-0.25, -0.2) is 0 Å². The van der Waals surface area contributed by atoms with Crippen LogP contribution in [-0.2, 0) is 38.1 Å². The highest BCUT2D eigenvalue weighted by Gasteiger charge is 2.66. The van der Waals surface area contributed by atoms with Crippen LogP contribution in [0.4, 0.5) is 0 Å². The predicted molar refractivity (Wildman–Crippen MR) is 395 cm³/mol. The van der Waals surface area contributed by atoms with Gasteiger partial charge in [0.15, 0.2) is 0 Å². The highest BCUT2D eigenvalue weighted by atomic mass is 16.6. The molecule has 0 N–H and O–H groups in total. The first kappa shape index (κ1) is 89.9. The fourth-order valence-electron chi connectivity index (χ4n) is 20.9. The van der Waals surface area contributed by atoms with Crippen molar-refractivity contribution >= 4 is 23.9 Å². The Hall–Kier alpha value is -2.12. The predicted octanol–water partition coefficient (Wildman–Crippen LogP) is 25.5. The summed E-state index contributed by atoms with van der Waals surface area (Å²) in [5, 5.41) is 0.